The molecule has 2 rings (SSSR count). The van der Waals surface area contributed by atoms with E-state index in [1.54, 1.807) is 11.3 Å². The Morgan fingerprint density at radius 2 is 2.50 bits per heavy atom. The predicted molar refractivity (Wildman–Crippen MR) is 45.2 cm³/mol. The van der Waals surface area contributed by atoms with Crippen molar-refractivity contribution in [2.45, 2.75) is 0 Å². The predicted octanol–water partition coefficient (Wildman–Crippen LogP) is 1.73. The minimum atomic E-state index is 1.03. The van der Waals surface area contributed by atoms with Crippen LogP contribution in [0.15, 0.2) is 22.9 Å². The van der Waals surface area contributed by atoms with E-state index in [9.17, 15) is 0 Å². The molecule has 1 aliphatic heterocycles. The summed E-state index contributed by atoms with van der Waals surface area (Å²) < 4.78 is 0. The van der Waals surface area contributed by atoms with Crippen LogP contribution in [0.3, 0.4) is 0 Å². The molecular formula is C8H9NS. The van der Waals surface area contributed by atoms with E-state index < -0.39 is 0 Å². The van der Waals surface area contributed by atoms with Gasteiger partial charge in [0.25, 0.3) is 0 Å². The van der Waals surface area contributed by atoms with Crippen LogP contribution >= 0.6 is 11.3 Å². The fourth-order valence-corrected chi connectivity index (χ4v) is 1.82. The molecule has 0 saturated carbocycles. The molecule has 52 valence electrons. The van der Waals surface area contributed by atoms with Crippen molar-refractivity contribution in [1.29, 1.82) is 0 Å². The van der Waals surface area contributed by atoms with Gasteiger partial charge in [0.05, 0.1) is 0 Å². The number of thiophene rings is 1. The second-order valence-corrected chi connectivity index (χ2v) is 3.15. The topological polar surface area (TPSA) is 12.0 Å². The normalized spacial score (nSPS) is 17.4. The fourth-order valence-electron chi connectivity index (χ4n) is 1.14. The van der Waals surface area contributed by atoms with Crippen LogP contribution in [0, 0.1) is 0 Å². The molecule has 0 unspecified atom stereocenters. The average molecular weight is 151 g/mol. The second kappa shape index (κ2) is 2.56. The zero-order chi connectivity index (χ0) is 6.81. The molecule has 1 aromatic rings. The molecular weight excluding hydrogens is 142 g/mol. The summed E-state index contributed by atoms with van der Waals surface area (Å²) in [6, 6.07) is 2.17. The Balaban J connectivity index is 2.28. The van der Waals surface area contributed by atoms with Gasteiger partial charge in [-0.25, -0.2) is 0 Å². The summed E-state index contributed by atoms with van der Waals surface area (Å²) in [7, 11) is 0. The monoisotopic (exact) mass is 151 g/mol. The molecule has 2 heterocycles. The van der Waals surface area contributed by atoms with E-state index in [4.69, 9.17) is 0 Å². The summed E-state index contributed by atoms with van der Waals surface area (Å²) >= 11 is 1.76. The van der Waals surface area contributed by atoms with Gasteiger partial charge in [-0.3, -0.25) is 0 Å². The van der Waals surface area contributed by atoms with E-state index in [0.29, 0.717) is 0 Å². The lowest BCUT2D eigenvalue weighted by molar-refractivity contribution is 0.897. The van der Waals surface area contributed by atoms with Crippen LogP contribution in [0.2, 0.25) is 0 Å². The van der Waals surface area contributed by atoms with Crippen LogP contribution in [0.25, 0.3) is 5.57 Å². The van der Waals surface area contributed by atoms with Crippen molar-refractivity contribution in [3.05, 3.63) is 28.5 Å². The molecule has 1 N–H and O–H groups in total. The Kier molecular flexibility index (Phi) is 1.57. The Labute approximate surface area is 64.4 Å². The summed E-state index contributed by atoms with van der Waals surface area (Å²) in [5, 5.41) is 7.59. The highest BCUT2D eigenvalue weighted by Crippen LogP contribution is 2.18. The third kappa shape index (κ3) is 1.00. The van der Waals surface area contributed by atoms with Crippen LogP contribution < -0.4 is 5.32 Å². The van der Waals surface area contributed by atoms with Crippen molar-refractivity contribution in [3.8, 4) is 0 Å². The van der Waals surface area contributed by atoms with Crippen molar-refractivity contribution < 1.29 is 0 Å². The smallest absolute Gasteiger partial charge is 0.0212 e. The molecule has 0 saturated heterocycles. The first kappa shape index (κ1) is 6.13. The molecule has 0 fully saturated rings. The van der Waals surface area contributed by atoms with E-state index in [2.05, 4.69) is 28.2 Å². The molecule has 0 aromatic carbocycles. The maximum Gasteiger partial charge on any atom is 0.0212 e. The summed E-state index contributed by atoms with van der Waals surface area (Å²) in [6.45, 7) is 2.07. The zero-order valence-electron chi connectivity index (χ0n) is 5.63. The summed E-state index contributed by atoms with van der Waals surface area (Å²) in [4.78, 5) is 0. The first-order valence-electron chi connectivity index (χ1n) is 3.39. The van der Waals surface area contributed by atoms with Crippen LogP contribution in [-0.4, -0.2) is 13.1 Å². The van der Waals surface area contributed by atoms with E-state index in [1.165, 1.54) is 11.1 Å². The number of nitrogens with one attached hydrogen (secondary N) is 1. The quantitative estimate of drug-likeness (QED) is 0.644. The van der Waals surface area contributed by atoms with Crippen LogP contribution in [0.1, 0.15) is 5.56 Å². The minimum absolute atomic E-state index is 1.03. The lowest BCUT2D eigenvalue weighted by Crippen LogP contribution is -2.07. The summed E-state index contributed by atoms with van der Waals surface area (Å²) in [5.41, 5.74) is 2.83. The van der Waals surface area contributed by atoms with Crippen LogP contribution in [0.4, 0.5) is 0 Å². The molecule has 0 radical (unpaired) electrons. The Bertz CT molecular complexity index is 236. The lowest BCUT2D eigenvalue weighted by Gasteiger charge is -1.94. The summed E-state index contributed by atoms with van der Waals surface area (Å²) in [5.74, 6) is 0. The lowest BCUT2D eigenvalue weighted by atomic mass is 10.1. The van der Waals surface area contributed by atoms with Crippen molar-refractivity contribution in [2.75, 3.05) is 13.1 Å². The van der Waals surface area contributed by atoms with Crippen LogP contribution in [-0.2, 0) is 0 Å². The van der Waals surface area contributed by atoms with Gasteiger partial charge in [0.1, 0.15) is 0 Å². The third-order valence-electron chi connectivity index (χ3n) is 1.70. The first-order chi connectivity index (χ1) is 4.97. The molecule has 10 heavy (non-hydrogen) atoms. The van der Waals surface area contributed by atoms with Gasteiger partial charge in [0, 0.05) is 13.1 Å². The van der Waals surface area contributed by atoms with Gasteiger partial charge in [-0.1, -0.05) is 6.08 Å². The highest BCUT2D eigenvalue weighted by Gasteiger charge is 2.04. The molecule has 0 aliphatic carbocycles. The second-order valence-electron chi connectivity index (χ2n) is 2.37. The van der Waals surface area contributed by atoms with Crippen molar-refractivity contribution in [2.24, 2.45) is 0 Å². The standard InChI is InChI=1S/C8H9NS/c1-3-9-5-7(1)8-2-4-10-6-8/h1-2,4,6,9H,3,5H2. The third-order valence-corrected chi connectivity index (χ3v) is 2.38. The van der Waals surface area contributed by atoms with Gasteiger partial charge < -0.3 is 5.32 Å². The molecule has 1 aliphatic rings. The molecule has 1 nitrogen and oxygen atoms in total. The Morgan fingerprint density at radius 3 is 3.10 bits per heavy atom. The Hall–Kier alpha value is -0.600. The largest absolute Gasteiger partial charge is 0.309 e. The molecule has 0 atom stereocenters. The summed E-state index contributed by atoms with van der Waals surface area (Å²) in [6.07, 6.45) is 2.25. The molecule has 0 amide bonds. The highest BCUT2D eigenvalue weighted by atomic mass is 32.1. The van der Waals surface area contributed by atoms with Gasteiger partial charge in [0.2, 0.25) is 0 Å². The molecule has 2 heteroatoms. The van der Waals surface area contributed by atoms with Crippen molar-refractivity contribution in [3.63, 3.8) is 0 Å². The van der Waals surface area contributed by atoms with E-state index >= 15 is 0 Å². The minimum Gasteiger partial charge on any atom is -0.309 e. The fraction of sp³-hybridized carbons (Fsp3) is 0.250. The van der Waals surface area contributed by atoms with Crippen molar-refractivity contribution >= 4 is 16.9 Å². The van der Waals surface area contributed by atoms with Gasteiger partial charge in [-0.15, -0.1) is 0 Å². The van der Waals surface area contributed by atoms with Gasteiger partial charge in [-0.05, 0) is 28.0 Å². The van der Waals surface area contributed by atoms with Crippen LogP contribution in [0.5, 0.6) is 0 Å². The van der Waals surface area contributed by atoms with E-state index in [-0.39, 0.29) is 0 Å². The number of hydrogen-bond acceptors (Lipinski definition) is 2. The molecule has 0 spiro atoms. The maximum atomic E-state index is 3.27. The van der Waals surface area contributed by atoms with Gasteiger partial charge in [0.15, 0.2) is 0 Å². The van der Waals surface area contributed by atoms with E-state index in [0.717, 1.165) is 13.1 Å². The van der Waals surface area contributed by atoms with E-state index in [1.807, 2.05) is 0 Å². The zero-order valence-corrected chi connectivity index (χ0v) is 6.45. The Morgan fingerprint density at radius 1 is 1.50 bits per heavy atom. The van der Waals surface area contributed by atoms with Gasteiger partial charge >= 0.3 is 0 Å². The average Bonchev–Trinajstić information content (AvgIpc) is 2.59. The first-order valence-corrected chi connectivity index (χ1v) is 4.33. The molecule has 1 aromatic heterocycles. The SMILES string of the molecule is C1=C(c2ccsc2)CNC1. The number of rotatable bonds is 1. The molecule has 0 bridgehead atoms. The highest BCUT2D eigenvalue weighted by molar-refractivity contribution is 7.08. The number of hydrogen-bond donors (Lipinski definition) is 1. The maximum absolute atomic E-state index is 3.27. The van der Waals surface area contributed by atoms with Gasteiger partial charge in [-0.2, -0.15) is 11.3 Å². The van der Waals surface area contributed by atoms with Crippen molar-refractivity contribution in [1.82, 2.24) is 5.32 Å².